The van der Waals surface area contributed by atoms with Gasteiger partial charge in [0.25, 0.3) is 0 Å². The van der Waals surface area contributed by atoms with E-state index in [4.69, 9.17) is 11.6 Å². The first-order valence-electron chi connectivity index (χ1n) is 6.98. The Morgan fingerprint density at radius 3 is 2.45 bits per heavy atom. The van der Waals surface area contributed by atoms with E-state index in [1.807, 2.05) is 23.9 Å². The number of hydrogen-bond acceptors (Lipinski definition) is 2. The third-order valence-electron chi connectivity index (χ3n) is 3.45. The second-order valence-corrected chi connectivity index (χ2v) is 5.96. The second kappa shape index (κ2) is 6.42. The summed E-state index contributed by atoms with van der Waals surface area (Å²) >= 11 is 5.92. The topological polar surface area (TPSA) is 29.9 Å². The van der Waals surface area contributed by atoms with Crippen molar-refractivity contribution >= 4 is 11.6 Å². The third kappa shape index (κ3) is 3.62. The zero-order valence-electron chi connectivity index (χ0n) is 12.5. The van der Waals surface area contributed by atoms with Gasteiger partial charge in [0.15, 0.2) is 0 Å². The van der Waals surface area contributed by atoms with Crippen LogP contribution in [0.5, 0.6) is 0 Å². The van der Waals surface area contributed by atoms with Crippen LogP contribution in [0, 0.1) is 0 Å². The molecule has 0 aliphatic carbocycles. The molecule has 0 amide bonds. The van der Waals surface area contributed by atoms with Gasteiger partial charge in [0.2, 0.25) is 0 Å². The standard InChI is InChI=1S/C16H22ClN3/c1-11(2)16-14(10-20(4)19-16)9-18-12(3)13-5-7-15(17)8-6-13/h5-8,10-12,18H,9H2,1-4H3/t12-/m0/s1. The second-order valence-electron chi connectivity index (χ2n) is 5.52. The first-order chi connectivity index (χ1) is 9.47. The van der Waals surface area contributed by atoms with Crippen molar-refractivity contribution in [2.24, 2.45) is 7.05 Å². The van der Waals surface area contributed by atoms with Gasteiger partial charge in [-0.2, -0.15) is 5.10 Å². The van der Waals surface area contributed by atoms with Crippen molar-refractivity contribution in [1.82, 2.24) is 15.1 Å². The molecule has 1 aromatic heterocycles. The summed E-state index contributed by atoms with van der Waals surface area (Å²) in [6.45, 7) is 7.34. The SMILES string of the molecule is CC(C)c1nn(C)cc1CN[C@@H](C)c1ccc(Cl)cc1. The normalized spacial score (nSPS) is 12.9. The van der Waals surface area contributed by atoms with Crippen molar-refractivity contribution in [2.45, 2.75) is 39.3 Å². The molecule has 0 radical (unpaired) electrons. The fraction of sp³-hybridized carbons (Fsp3) is 0.438. The first kappa shape index (κ1) is 15.1. The lowest BCUT2D eigenvalue weighted by molar-refractivity contribution is 0.570. The highest BCUT2D eigenvalue weighted by molar-refractivity contribution is 6.30. The van der Waals surface area contributed by atoms with Crippen LogP contribution in [0.25, 0.3) is 0 Å². The van der Waals surface area contributed by atoms with Crippen molar-refractivity contribution in [3.05, 3.63) is 52.3 Å². The number of benzene rings is 1. The predicted molar refractivity (Wildman–Crippen MR) is 84.0 cm³/mol. The summed E-state index contributed by atoms with van der Waals surface area (Å²) in [4.78, 5) is 0. The van der Waals surface area contributed by atoms with E-state index in [1.165, 1.54) is 16.8 Å². The van der Waals surface area contributed by atoms with E-state index in [0.717, 1.165) is 11.6 Å². The van der Waals surface area contributed by atoms with Crippen LogP contribution in [0.3, 0.4) is 0 Å². The number of hydrogen-bond donors (Lipinski definition) is 1. The molecule has 0 spiro atoms. The Morgan fingerprint density at radius 2 is 1.85 bits per heavy atom. The molecule has 1 heterocycles. The van der Waals surface area contributed by atoms with Gasteiger partial charge in [-0.15, -0.1) is 0 Å². The Bertz CT molecular complexity index is 558. The summed E-state index contributed by atoms with van der Waals surface area (Å²) in [6.07, 6.45) is 2.09. The maximum Gasteiger partial charge on any atom is 0.0694 e. The van der Waals surface area contributed by atoms with Crippen molar-refractivity contribution in [1.29, 1.82) is 0 Å². The monoisotopic (exact) mass is 291 g/mol. The highest BCUT2D eigenvalue weighted by Crippen LogP contribution is 2.20. The van der Waals surface area contributed by atoms with E-state index in [2.05, 4.69) is 49.5 Å². The molecule has 108 valence electrons. The van der Waals surface area contributed by atoms with E-state index >= 15 is 0 Å². The Balaban J connectivity index is 2.03. The number of nitrogens with zero attached hydrogens (tertiary/aromatic N) is 2. The summed E-state index contributed by atoms with van der Waals surface area (Å²) in [5, 5.41) is 8.85. The van der Waals surface area contributed by atoms with E-state index in [9.17, 15) is 0 Å². The Morgan fingerprint density at radius 1 is 1.20 bits per heavy atom. The van der Waals surface area contributed by atoms with Crippen LogP contribution in [-0.2, 0) is 13.6 Å². The fourth-order valence-electron chi connectivity index (χ4n) is 2.31. The number of aryl methyl sites for hydroxylation is 1. The van der Waals surface area contributed by atoms with E-state index in [-0.39, 0.29) is 6.04 Å². The third-order valence-corrected chi connectivity index (χ3v) is 3.70. The van der Waals surface area contributed by atoms with Gasteiger partial charge < -0.3 is 5.32 Å². The molecule has 0 saturated heterocycles. The summed E-state index contributed by atoms with van der Waals surface area (Å²) < 4.78 is 1.89. The molecule has 0 unspecified atom stereocenters. The highest BCUT2D eigenvalue weighted by atomic mass is 35.5. The predicted octanol–water partition coefficient (Wildman–Crippen LogP) is 4.05. The molecule has 0 saturated carbocycles. The van der Waals surface area contributed by atoms with Crippen LogP contribution in [0.4, 0.5) is 0 Å². The summed E-state index contributed by atoms with van der Waals surface area (Å²) in [7, 11) is 1.97. The summed E-state index contributed by atoms with van der Waals surface area (Å²) in [5.74, 6) is 0.443. The van der Waals surface area contributed by atoms with Crippen molar-refractivity contribution < 1.29 is 0 Å². The van der Waals surface area contributed by atoms with Gasteiger partial charge in [-0.1, -0.05) is 37.6 Å². The molecule has 4 heteroatoms. The van der Waals surface area contributed by atoms with Gasteiger partial charge in [0.1, 0.15) is 0 Å². The van der Waals surface area contributed by atoms with Gasteiger partial charge in [0, 0.05) is 36.4 Å². The molecule has 1 N–H and O–H groups in total. The fourth-order valence-corrected chi connectivity index (χ4v) is 2.44. The molecule has 0 fully saturated rings. The molecule has 1 aromatic carbocycles. The lowest BCUT2D eigenvalue weighted by Crippen LogP contribution is -2.18. The van der Waals surface area contributed by atoms with Gasteiger partial charge in [0.05, 0.1) is 5.69 Å². The average molecular weight is 292 g/mol. The lowest BCUT2D eigenvalue weighted by atomic mass is 10.1. The van der Waals surface area contributed by atoms with Crippen molar-refractivity contribution in [3.63, 3.8) is 0 Å². The van der Waals surface area contributed by atoms with Gasteiger partial charge in [-0.25, -0.2) is 0 Å². The van der Waals surface area contributed by atoms with Gasteiger partial charge in [-0.05, 0) is 30.5 Å². The Kier molecular flexibility index (Phi) is 4.84. The molecule has 3 nitrogen and oxygen atoms in total. The minimum atomic E-state index is 0.285. The van der Waals surface area contributed by atoms with Gasteiger partial charge in [-0.3, -0.25) is 4.68 Å². The van der Waals surface area contributed by atoms with Crippen molar-refractivity contribution in [2.75, 3.05) is 0 Å². The highest BCUT2D eigenvalue weighted by Gasteiger charge is 2.12. The molecule has 20 heavy (non-hydrogen) atoms. The molecule has 0 aliphatic heterocycles. The average Bonchev–Trinajstić information content (AvgIpc) is 2.78. The molecule has 0 bridgehead atoms. The maximum absolute atomic E-state index is 5.92. The van der Waals surface area contributed by atoms with Crippen molar-refractivity contribution in [3.8, 4) is 0 Å². The summed E-state index contributed by atoms with van der Waals surface area (Å²) in [6, 6.07) is 8.27. The molecular formula is C16H22ClN3. The van der Waals surface area contributed by atoms with Crippen LogP contribution in [0.2, 0.25) is 5.02 Å². The smallest absolute Gasteiger partial charge is 0.0694 e. The quantitative estimate of drug-likeness (QED) is 0.901. The molecular weight excluding hydrogens is 270 g/mol. The molecule has 1 atom stereocenters. The Hall–Kier alpha value is -1.32. The largest absolute Gasteiger partial charge is 0.306 e. The van der Waals surface area contributed by atoms with Crippen LogP contribution < -0.4 is 5.32 Å². The zero-order chi connectivity index (χ0) is 14.7. The van der Waals surface area contributed by atoms with Gasteiger partial charge >= 0.3 is 0 Å². The molecule has 2 rings (SSSR count). The number of rotatable bonds is 5. The van der Waals surface area contributed by atoms with Crippen LogP contribution >= 0.6 is 11.6 Å². The number of halogens is 1. The lowest BCUT2D eigenvalue weighted by Gasteiger charge is -2.15. The number of nitrogens with one attached hydrogen (secondary N) is 1. The summed E-state index contributed by atoms with van der Waals surface area (Å²) in [5.41, 5.74) is 3.68. The minimum Gasteiger partial charge on any atom is -0.306 e. The number of aromatic nitrogens is 2. The maximum atomic E-state index is 5.92. The van der Waals surface area contributed by atoms with E-state index in [1.54, 1.807) is 0 Å². The van der Waals surface area contributed by atoms with E-state index < -0.39 is 0 Å². The molecule has 2 aromatic rings. The first-order valence-corrected chi connectivity index (χ1v) is 7.36. The Labute approximate surface area is 126 Å². The zero-order valence-corrected chi connectivity index (χ0v) is 13.3. The van der Waals surface area contributed by atoms with Crippen LogP contribution in [0.1, 0.15) is 49.6 Å². The van der Waals surface area contributed by atoms with Crippen LogP contribution in [-0.4, -0.2) is 9.78 Å². The van der Waals surface area contributed by atoms with E-state index in [0.29, 0.717) is 5.92 Å². The molecule has 0 aliphatic rings. The minimum absolute atomic E-state index is 0.285. The van der Waals surface area contributed by atoms with Crippen LogP contribution in [0.15, 0.2) is 30.5 Å².